The molecular formula is C13H20N2S. The predicted molar refractivity (Wildman–Crippen MR) is 71.3 cm³/mol. The van der Waals surface area contributed by atoms with Gasteiger partial charge < -0.3 is 0 Å². The Balaban J connectivity index is 2.18. The maximum atomic E-state index is 5.74. The van der Waals surface area contributed by atoms with Crippen molar-refractivity contribution in [1.29, 1.82) is 0 Å². The molecule has 1 aromatic rings. The van der Waals surface area contributed by atoms with Gasteiger partial charge in [0.15, 0.2) is 0 Å². The number of rotatable bonds is 3. The summed E-state index contributed by atoms with van der Waals surface area (Å²) in [6, 6.07) is 8.83. The van der Waals surface area contributed by atoms with Gasteiger partial charge in [0.2, 0.25) is 0 Å². The van der Waals surface area contributed by atoms with E-state index in [1.807, 2.05) is 0 Å². The van der Waals surface area contributed by atoms with Gasteiger partial charge in [-0.1, -0.05) is 30.7 Å². The van der Waals surface area contributed by atoms with Crippen LogP contribution in [-0.2, 0) is 0 Å². The highest BCUT2D eigenvalue weighted by atomic mass is 32.2. The Morgan fingerprint density at radius 3 is 2.81 bits per heavy atom. The smallest absolute Gasteiger partial charge is 0.0581 e. The Bertz CT molecular complexity index is 334. The SMILES string of the molecule is Cc1ccccc1C(NN)C1CCCCS1. The van der Waals surface area contributed by atoms with Crippen LogP contribution in [0.5, 0.6) is 0 Å². The molecule has 1 saturated heterocycles. The van der Waals surface area contributed by atoms with Gasteiger partial charge >= 0.3 is 0 Å². The van der Waals surface area contributed by atoms with Gasteiger partial charge in [-0.05, 0) is 36.6 Å². The van der Waals surface area contributed by atoms with Crippen molar-refractivity contribution in [2.75, 3.05) is 5.75 Å². The van der Waals surface area contributed by atoms with Crippen LogP contribution in [0, 0.1) is 6.92 Å². The lowest BCUT2D eigenvalue weighted by atomic mass is 9.96. The molecule has 2 atom stereocenters. The van der Waals surface area contributed by atoms with Crippen molar-refractivity contribution >= 4 is 11.8 Å². The van der Waals surface area contributed by atoms with Crippen LogP contribution in [0.25, 0.3) is 0 Å². The van der Waals surface area contributed by atoms with Crippen LogP contribution in [0.15, 0.2) is 24.3 Å². The van der Waals surface area contributed by atoms with Crippen molar-refractivity contribution in [2.45, 2.75) is 37.5 Å². The minimum atomic E-state index is 0.298. The molecule has 1 aromatic carbocycles. The number of benzene rings is 1. The molecule has 1 heterocycles. The summed E-state index contributed by atoms with van der Waals surface area (Å²) in [4.78, 5) is 0. The number of thioether (sulfide) groups is 1. The van der Waals surface area contributed by atoms with Crippen molar-refractivity contribution in [3.8, 4) is 0 Å². The third-order valence-electron chi connectivity index (χ3n) is 3.29. The summed E-state index contributed by atoms with van der Waals surface area (Å²) in [7, 11) is 0. The number of nitrogens with one attached hydrogen (secondary N) is 1. The van der Waals surface area contributed by atoms with E-state index < -0.39 is 0 Å². The number of aryl methyl sites for hydroxylation is 1. The van der Waals surface area contributed by atoms with Crippen molar-refractivity contribution in [1.82, 2.24) is 5.43 Å². The first-order valence-electron chi connectivity index (χ1n) is 5.96. The third kappa shape index (κ3) is 2.59. The summed E-state index contributed by atoms with van der Waals surface area (Å²) in [6.07, 6.45) is 3.96. The molecule has 1 aliphatic heterocycles. The van der Waals surface area contributed by atoms with E-state index in [1.165, 1.54) is 36.1 Å². The first kappa shape index (κ1) is 12.0. The van der Waals surface area contributed by atoms with Crippen LogP contribution < -0.4 is 11.3 Å². The predicted octanol–water partition coefficient (Wildman–Crippen LogP) is 2.79. The normalized spacial score (nSPS) is 23.0. The molecular weight excluding hydrogens is 216 g/mol. The molecule has 2 unspecified atom stereocenters. The minimum Gasteiger partial charge on any atom is -0.271 e. The summed E-state index contributed by atoms with van der Waals surface area (Å²) in [5.74, 6) is 7.01. The molecule has 1 aliphatic rings. The molecule has 0 aliphatic carbocycles. The second-order valence-electron chi connectivity index (χ2n) is 4.41. The Morgan fingerprint density at radius 1 is 1.38 bits per heavy atom. The average molecular weight is 236 g/mol. The maximum absolute atomic E-state index is 5.74. The van der Waals surface area contributed by atoms with E-state index in [4.69, 9.17) is 5.84 Å². The monoisotopic (exact) mass is 236 g/mol. The molecule has 1 fully saturated rings. The Hall–Kier alpha value is -0.510. The quantitative estimate of drug-likeness (QED) is 0.626. The van der Waals surface area contributed by atoms with Crippen LogP contribution in [0.3, 0.4) is 0 Å². The molecule has 88 valence electrons. The Morgan fingerprint density at radius 2 is 2.19 bits per heavy atom. The number of nitrogens with two attached hydrogens (primary N) is 1. The number of hydrogen-bond acceptors (Lipinski definition) is 3. The van der Waals surface area contributed by atoms with Gasteiger partial charge in [0, 0.05) is 5.25 Å². The van der Waals surface area contributed by atoms with E-state index in [0.29, 0.717) is 11.3 Å². The fraction of sp³-hybridized carbons (Fsp3) is 0.538. The van der Waals surface area contributed by atoms with E-state index in [2.05, 4.69) is 48.4 Å². The van der Waals surface area contributed by atoms with Crippen molar-refractivity contribution in [2.24, 2.45) is 5.84 Å². The van der Waals surface area contributed by atoms with E-state index in [1.54, 1.807) is 0 Å². The lowest BCUT2D eigenvalue weighted by molar-refractivity contribution is 0.490. The molecule has 3 N–H and O–H groups in total. The summed E-state index contributed by atoms with van der Waals surface area (Å²) in [5.41, 5.74) is 5.69. The van der Waals surface area contributed by atoms with E-state index in [-0.39, 0.29) is 0 Å². The van der Waals surface area contributed by atoms with Crippen molar-refractivity contribution < 1.29 is 0 Å². The van der Waals surface area contributed by atoms with Gasteiger partial charge in [0.25, 0.3) is 0 Å². The highest BCUT2D eigenvalue weighted by molar-refractivity contribution is 8.00. The lowest BCUT2D eigenvalue weighted by Gasteiger charge is -2.30. The molecule has 0 spiro atoms. The zero-order valence-electron chi connectivity index (χ0n) is 9.78. The lowest BCUT2D eigenvalue weighted by Crippen LogP contribution is -2.36. The molecule has 2 nitrogen and oxygen atoms in total. The topological polar surface area (TPSA) is 38.0 Å². The zero-order valence-corrected chi connectivity index (χ0v) is 10.6. The highest BCUT2D eigenvalue weighted by Crippen LogP contribution is 2.35. The molecule has 2 rings (SSSR count). The summed E-state index contributed by atoms with van der Waals surface area (Å²) < 4.78 is 0. The van der Waals surface area contributed by atoms with Crippen LogP contribution in [0.4, 0.5) is 0 Å². The molecule has 0 saturated carbocycles. The average Bonchev–Trinajstić information content (AvgIpc) is 2.34. The molecule has 16 heavy (non-hydrogen) atoms. The van der Waals surface area contributed by atoms with Crippen LogP contribution in [0.2, 0.25) is 0 Å². The van der Waals surface area contributed by atoms with E-state index in [0.717, 1.165) is 0 Å². The van der Waals surface area contributed by atoms with Crippen LogP contribution >= 0.6 is 11.8 Å². The molecule has 0 radical (unpaired) electrons. The fourth-order valence-electron chi connectivity index (χ4n) is 2.36. The zero-order chi connectivity index (χ0) is 11.4. The van der Waals surface area contributed by atoms with Gasteiger partial charge in [0.1, 0.15) is 0 Å². The van der Waals surface area contributed by atoms with Gasteiger partial charge in [-0.25, -0.2) is 0 Å². The Kier molecular flexibility index (Phi) is 4.27. The molecule has 0 aromatic heterocycles. The third-order valence-corrected chi connectivity index (χ3v) is 4.75. The standard InChI is InChI=1S/C13H20N2S/c1-10-6-2-3-7-11(10)13(15-14)12-8-4-5-9-16-12/h2-3,6-7,12-13,15H,4-5,8-9,14H2,1H3. The highest BCUT2D eigenvalue weighted by Gasteiger charge is 2.25. The first-order chi connectivity index (χ1) is 7.83. The van der Waals surface area contributed by atoms with Gasteiger partial charge in [-0.2, -0.15) is 11.8 Å². The maximum Gasteiger partial charge on any atom is 0.0581 e. The second kappa shape index (κ2) is 5.71. The molecule has 0 bridgehead atoms. The largest absolute Gasteiger partial charge is 0.271 e. The summed E-state index contributed by atoms with van der Waals surface area (Å²) in [5, 5.41) is 0.625. The van der Waals surface area contributed by atoms with E-state index >= 15 is 0 Å². The summed E-state index contributed by atoms with van der Waals surface area (Å²) >= 11 is 2.06. The summed E-state index contributed by atoms with van der Waals surface area (Å²) in [6.45, 7) is 2.16. The Labute approximate surface area is 102 Å². The van der Waals surface area contributed by atoms with Crippen LogP contribution in [0.1, 0.15) is 36.4 Å². The molecule has 3 heteroatoms. The van der Waals surface area contributed by atoms with Crippen molar-refractivity contribution in [3.05, 3.63) is 35.4 Å². The fourth-order valence-corrected chi connectivity index (χ4v) is 3.79. The van der Waals surface area contributed by atoms with Crippen molar-refractivity contribution in [3.63, 3.8) is 0 Å². The second-order valence-corrected chi connectivity index (χ2v) is 5.75. The van der Waals surface area contributed by atoms with Crippen LogP contribution in [-0.4, -0.2) is 11.0 Å². The molecule has 0 amide bonds. The first-order valence-corrected chi connectivity index (χ1v) is 7.01. The number of hydrogen-bond donors (Lipinski definition) is 2. The van der Waals surface area contributed by atoms with Gasteiger partial charge in [-0.3, -0.25) is 11.3 Å². The van der Waals surface area contributed by atoms with Gasteiger partial charge in [-0.15, -0.1) is 0 Å². The van der Waals surface area contributed by atoms with Gasteiger partial charge in [0.05, 0.1) is 6.04 Å². The minimum absolute atomic E-state index is 0.298. The number of hydrazine groups is 1. The van der Waals surface area contributed by atoms with E-state index in [9.17, 15) is 0 Å².